The summed E-state index contributed by atoms with van der Waals surface area (Å²) >= 11 is 0. The van der Waals surface area contributed by atoms with Gasteiger partial charge in [0, 0.05) is 0 Å². The molecule has 2 heteroatoms. The van der Waals surface area contributed by atoms with Crippen molar-refractivity contribution in [3.8, 4) is 0 Å². The minimum Gasteiger partial charge on any atom is -0.330 e. The average molecular weight is 391 g/mol. The van der Waals surface area contributed by atoms with Crippen molar-refractivity contribution in [2.45, 2.75) is 38.5 Å². The molecule has 0 radical (unpaired) electrons. The molecule has 0 aliphatic carbocycles. The van der Waals surface area contributed by atoms with E-state index in [-0.39, 0.29) is 0 Å². The quantitative estimate of drug-likeness (QED) is 0.350. The van der Waals surface area contributed by atoms with Crippen molar-refractivity contribution in [3.05, 3.63) is 91.0 Å². The van der Waals surface area contributed by atoms with Gasteiger partial charge in [-0.15, -0.1) is 0 Å². The fraction of sp³-hybridized carbons (Fsp3) is 0.308. The summed E-state index contributed by atoms with van der Waals surface area (Å²) in [6.45, 7) is 0.824. The van der Waals surface area contributed by atoms with Crippen molar-refractivity contribution < 1.29 is 0 Å². The second kappa shape index (κ2) is 11.1. The fourth-order valence-corrected chi connectivity index (χ4v) is 8.49. The number of nitrogens with two attached hydrogens (primary N) is 1. The summed E-state index contributed by atoms with van der Waals surface area (Å²) in [7, 11) is -1.63. The second-order valence-corrected chi connectivity index (χ2v) is 11.1. The summed E-state index contributed by atoms with van der Waals surface area (Å²) in [5.41, 5.74) is 5.62. The molecule has 28 heavy (non-hydrogen) atoms. The summed E-state index contributed by atoms with van der Waals surface area (Å²) in [5.74, 6) is 0. The molecule has 3 rings (SSSR count). The first-order valence-electron chi connectivity index (χ1n) is 10.6. The Bertz CT molecular complexity index is 690. The Balaban J connectivity index is 1.91. The van der Waals surface area contributed by atoms with Crippen LogP contribution in [0.5, 0.6) is 0 Å². The average Bonchev–Trinajstić information content (AvgIpc) is 2.78. The van der Waals surface area contributed by atoms with Crippen molar-refractivity contribution in [1.29, 1.82) is 0 Å². The highest BCUT2D eigenvalue weighted by Gasteiger charge is 2.44. The monoisotopic (exact) mass is 390 g/mol. The van der Waals surface area contributed by atoms with Gasteiger partial charge in [0.2, 0.25) is 0 Å². The smallest absolute Gasteiger partial charge is 0.112 e. The van der Waals surface area contributed by atoms with Gasteiger partial charge < -0.3 is 5.73 Å². The molecular weight excluding hydrogens is 357 g/mol. The summed E-state index contributed by atoms with van der Waals surface area (Å²) in [6.07, 6.45) is 8.88. The summed E-state index contributed by atoms with van der Waals surface area (Å²) < 4.78 is 0. The van der Waals surface area contributed by atoms with Crippen LogP contribution in [0, 0.1) is 0 Å². The third-order valence-electron chi connectivity index (χ3n) is 5.54. The molecule has 0 bridgehead atoms. The third kappa shape index (κ3) is 5.10. The van der Waals surface area contributed by atoms with E-state index in [9.17, 15) is 0 Å². The Labute approximate surface area is 171 Å². The van der Waals surface area contributed by atoms with E-state index in [1.165, 1.54) is 54.2 Å². The van der Waals surface area contributed by atoms with Gasteiger partial charge in [0.15, 0.2) is 0 Å². The van der Waals surface area contributed by atoms with E-state index in [1.807, 2.05) is 0 Å². The maximum absolute atomic E-state index is 5.62. The lowest BCUT2D eigenvalue weighted by molar-refractivity contribution is 0.613. The normalized spacial score (nSPS) is 11.5. The molecular formula is C26H33NP+. The molecule has 0 aliphatic rings. The first-order chi connectivity index (χ1) is 13.9. The molecule has 3 aromatic carbocycles. The van der Waals surface area contributed by atoms with Gasteiger partial charge in [-0.3, -0.25) is 0 Å². The lowest BCUT2D eigenvalue weighted by atomic mass is 10.1. The van der Waals surface area contributed by atoms with Crippen LogP contribution in [-0.4, -0.2) is 12.7 Å². The summed E-state index contributed by atoms with van der Waals surface area (Å²) in [6, 6.07) is 33.6. The number of unbranched alkanes of at least 4 members (excludes halogenated alkanes) is 5. The van der Waals surface area contributed by atoms with Gasteiger partial charge in [-0.2, -0.15) is 0 Å². The third-order valence-corrected chi connectivity index (χ3v) is 10.1. The van der Waals surface area contributed by atoms with E-state index >= 15 is 0 Å². The van der Waals surface area contributed by atoms with Gasteiger partial charge in [0.1, 0.15) is 23.2 Å². The van der Waals surface area contributed by atoms with E-state index in [0.717, 1.165) is 13.0 Å². The predicted molar refractivity (Wildman–Crippen MR) is 127 cm³/mol. The van der Waals surface area contributed by atoms with Crippen LogP contribution in [0.3, 0.4) is 0 Å². The van der Waals surface area contributed by atoms with E-state index in [2.05, 4.69) is 91.0 Å². The molecule has 1 nitrogen and oxygen atoms in total. The molecule has 0 amide bonds. The Morgan fingerprint density at radius 3 is 1.21 bits per heavy atom. The minimum atomic E-state index is -1.63. The van der Waals surface area contributed by atoms with Crippen LogP contribution in [0.2, 0.25) is 0 Å². The van der Waals surface area contributed by atoms with Crippen molar-refractivity contribution in [3.63, 3.8) is 0 Å². The highest BCUT2D eigenvalue weighted by molar-refractivity contribution is 7.95. The molecule has 3 aromatic rings. The van der Waals surface area contributed by atoms with E-state index in [0.29, 0.717) is 0 Å². The van der Waals surface area contributed by atoms with Gasteiger partial charge >= 0.3 is 0 Å². The summed E-state index contributed by atoms with van der Waals surface area (Å²) in [5, 5.41) is 4.49. The highest BCUT2D eigenvalue weighted by Crippen LogP contribution is 2.55. The maximum Gasteiger partial charge on any atom is 0.112 e. The predicted octanol–water partition coefficient (Wildman–Crippen LogP) is 5.28. The fourth-order valence-electron chi connectivity index (χ4n) is 4.08. The Hall–Kier alpha value is -1.95. The van der Waals surface area contributed by atoms with Crippen molar-refractivity contribution in [1.82, 2.24) is 0 Å². The lowest BCUT2D eigenvalue weighted by Crippen LogP contribution is -2.33. The molecule has 2 N–H and O–H groups in total. The maximum atomic E-state index is 5.62. The molecule has 0 saturated heterocycles. The molecule has 0 spiro atoms. The van der Waals surface area contributed by atoms with Crippen LogP contribution in [-0.2, 0) is 0 Å². The standard InChI is InChI=1S/C26H33NP/c27-22-14-3-1-2-4-15-23-28(24-16-8-5-9-17-24,25-18-10-6-11-19-25)26-20-12-7-13-21-26/h5-13,16-21H,1-4,14-15,22-23,27H2/q+1. The van der Waals surface area contributed by atoms with E-state index in [4.69, 9.17) is 5.73 Å². The van der Waals surface area contributed by atoms with Gasteiger partial charge in [-0.05, 0) is 62.2 Å². The molecule has 0 unspecified atom stereocenters. The van der Waals surface area contributed by atoms with Crippen LogP contribution >= 0.6 is 7.26 Å². The zero-order chi connectivity index (χ0) is 19.5. The van der Waals surface area contributed by atoms with Crippen LogP contribution < -0.4 is 21.6 Å². The number of hydrogen-bond donors (Lipinski definition) is 1. The SMILES string of the molecule is NCCCCCCCC[P+](c1ccccc1)(c1ccccc1)c1ccccc1. The van der Waals surface area contributed by atoms with E-state index in [1.54, 1.807) is 0 Å². The minimum absolute atomic E-state index is 0.824. The van der Waals surface area contributed by atoms with Gasteiger partial charge in [0.05, 0.1) is 6.16 Å². The first kappa shape index (κ1) is 20.8. The van der Waals surface area contributed by atoms with Crippen LogP contribution in [0.1, 0.15) is 38.5 Å². The number of hydrogen-bond acceptors (Lipinski definition) is 1. The van der Waals surface area contributed by atoms with Crippen molar-refractivity contribution in [2.75, 3.05) is 12.7 Å². The summed E-state index contributed by atoms with van der Waals surface area (Å²) in [4.78, 5) is 0. The zero-order valence-electron chi connectivity index (χ0n) is 16.8. The van der Waals surface area contributed by atoms with Crippen LogP contribution in [0.4, 0.5) is 0 Å². The molecule has 0 saturated carbocycles. The Kier molecular flexibility index (Phi) is 8.27. The number of rotatable bonds is 11. The Morgan fingerprint density at radius 2 is 0.821 bits per heavy atom. The molecule has 146 valence electrons. The van der Waals surface area contributed by atoms with Gasteiger partial charge in [-0.1, -0.05) is 73.9 Å². The largest absolute Gasteiger partial charge is 0.330 e. The second-order valence-electron chi connectivity index (χ2n) is 7.45. The van der Waals surface area contributed by atoms with Crippen molar-refractivity contribution >= 4 is 23.2 Å². The van der Waals surface area contributed by atoms with Crippen LogP contribution in [0.25, 0.3) is 0 Å². The topological polar surface area (TPSA) is 26.0 Å². The molecule has 0 atom stereocenters. The van der Waals surface area contributed by atoms with E-state index < -0.39 is 7.26 Å². The molecule has 0 aliphatic heterocycles. The number of benzene rings is 3. The highest BCUT2D eigenvalue weighted by atomic mass is 31.2. The van der Waals surface area contributed by atoms with Crippen molar-refractivity contribution in [2.24, 2.45) is 5.73 Å². The van der Waals surface area contributed by atoms with Gasteiger partial charge in [0.25, 0.3) is 0 Å². The molecule has 0 fully saturated rings. The first-order valence-corrected chi connectivity index (χ1v) is 12.6. The molecule has 0 aromatic heterocycles. The zero-order valence-corrected chi connectivity index (χ0v) is 17.7. The Morgan fingerprint density at radius 1 is 0.464 bits per heavy atom. The molecule has 0 heterocycles. The van der Waals surface area contributed by atoms with Crippen LogP contribution in [0.15, 0.2) is 91.0 Å². The lowest BCUT2D eigenvalue weighted by Gasteiger charge is -2.27. The van der Waals surface area contributed by atoms with Gasteiger partial charge in [-0.25, -0.2) is 0 Å².